The average Bonchev–Trinajstić information content (AvgIpc) is 2.92. The Labute approximate surface area is 112 Å². The number of piperazine rings is 1. The lowest BCUT2D eigenvalue weighted by Gasteiger charge is -2.29. The Morgan fingerprint density at radius 1 is 1.39 bits per heavy atom. The zero-order valence-electron chi connectivity index (χ0n) is 10.9. The molecule has 0 aliphatic carbocycles. The number of thioether (sulfide) groups is 1. The predicted octanol–water partition coefficient (Wildman–Crippen LogP) is -0.370. The molecule has 0 aromatic heterocycles. The van der Waals surface area contributed by atoms with Crippen LogP contribution in [0.4, 0.5) is 0 Å². The molecule has 0 saturated carbocycles. The van der Waals surface area contributed by atoms with E-state index in [1.54, 1.807) is 11.9 Å². The van der Waals surface area contributed by atoms with Crippen molar-refractivity contribution in [2.24, 2.45) is 5.92 Å². The van der Waals surface area contributed by atoms with Gasteiger partial charge in [0, 0.05) is 44.9 Å². The summed E-state index contributed by atoms with van der Waals surface area (Å²) in [5, 5.41) is 3.21. The van der Waals surface area contributed by atoms with Crippen LogP contribution in [-0.2, 0) is 9.59 Å². The van der Waals surface area contributed by atoms with Crippen LogP contribution in [0.1, 0.15) is 6.42 Å². The van der Waals surface area contributed by atoms with Gasteiger partial charge in [-0.15, -0.1) is 0 Å². The van der Waals surface area contributed by atoms with Crippen LogP contribution >= 0.6 is 11.8 Å². The molecular weight excluding hydrogens is 250 g/mol. The Morgan fingerprint density at radius 3 is 2.72 bits per heavy atom. The van der Waals surface area contributed by atoms with Gasteiger partial charge in [-0.05, 0) is 12.2 Å². The lowest BCUT2D eigenvalue weighted by atomic mass is 10.1. The highest BCUT2D eigenvalue weighted by molar-refractivity contribution is 7.99. The van der Waals surface area contributed by atoms with E-state index >= 15 is 0 Å². The fraction of sp³-hybridized carbons (Fsp3) is 0.833. The maximum absolute atomic E-state index is 12.1. The molecule has 2 amide bonds. The maximum atomic E-state index is 12.1. The van der Waals surface area contributed by atoms with E-state index in [9.17, 15) is 9.59 Å². The molecule has 2 saturated heterocycles. The first kappa shape index (κ1) is 13.7. The van der Waals surface area contributed by atoms with Gasteiger partial charge in [-0.1, -0.05) is 0 Å². The average molecular weight is 271 g/mol. The number of likely N-dealkylation sites (N-methyl/N-ethyl adjacent to an activating group) is 1. The summed E-state index contributed by atoms with van der Waals surface area (Å²) in [6.07, 6.45) is 0.954. The normalized spacial score (nSPS) is 24.1. The van der Waals surface area contributed by atoms with Gasteiger partial charge in [-0.3, -0.25) is 9.59 Å². The van der Waals surface area contributed by atoms with Crippen molar-refractivity contribution >= 4 is 23.6 Å². The van der Waals surface area contributed by atoms with Crippen molar-refractivity contribution in [3.63, 3.8) is 0 Å². The highest BCUT2D eigenvalue weighted by Gasteiger charge is 2.27. The fourth-order valence-corrected chi connectivity index (χ4v) is 3.55. The first-order valence-electron chi connectivity index (χ1n) is 6.49. The van der Waals surface area contributed by atoms with Crippen molar-refractivity contribution in [1.82, 2.24) is 15.1 Å². The quantitative estimate of drug-likeness (QED) is 0.761. The van der Waals surface area contributed by atoms with Crippen molar-refractivity contribution < 1.29 is 9.59 Å². The van der Waals surface area contributed by atoms with Gasteiger partial charge in [0.15, 0.2) is 0 Å². The molecule has 5 nitrogen and oxygen atoms in total. The molecule has 2 heterocycles. The highest BCUT2D eigenvalue weighted by atomic mass is 32.2. The molecule has 2 aliphatic heterocycles. The minimum absolute atomic E-state index is 0.0676. The number of carbonyl (C=O) groups is 2. The number of nitrogens with one attached hydrogen (secondary N) is 1. The number of hydrogen-bond acceptors (Lipinski definition) is 4. The molecule has 0 aromatic carbocycles. The summed E-state index contributed by atoms with van der Waals surface area (Å²) in [5.41, 5.74) is 0. The van der Waals surface area contributed by atoms with Crippen LogP contribution in [0.3, 0.4) is 0 Å². The van der Waals surface area contributed by atoms with Crippen molar-refractivity contribution in [2.75, 3.05) is 51.3 Å². The number of nitrogens with zero attached hydrogens (tertiary/aromatic N) is 2. The van der Waals surface area contributed by atoms with Crippen LogP contribution in [0.25, 0.3) is 0 Å². The Morgan fingerprint density at radius 2 is 2.11 bits per heavy atom. The highest BCUT2D eigenvalue weighted by Crippen LogP contribution is 2.24. The smallest absolute Gasteiger partial charge is 0.242 e. The second kappa shape index (κ2) is 6.43. The summed E-state index contributed by atoms with van der Waals surface area (Å²) in [5.74, 6) is 2.29. The third-order valence-electron chi connectivity index (χ3n) is 3.50. The number of rotatable bonds is 3. The van der Waals surface area contributed by atoms with Gasteiger partial charge >= 0.3 is 0 Å². The van der Waals surface area contributed by atoms with Crippen LogP contribution in [0.5, 0.6) is 0 Å². The third-order valence-corrected chi connectivity index (χ3v) is 4.66. The van der Waals surface area contributed by atoms with Crippen molar-refractivity contribution in [3.8, 4) is 0 Å². The molecule has 6 heteroatoms. The third kappa shape index (κ3) is 3.38. The van der Waals surface area contributed by atoms with Crippen LogP contribution in [0.2, 0.25) is 0 Å². The second-order valence-corrected chi connectivity index (χ2v) is 6.04. The predicted molar refractivity (Wildman–Crippen MR) is 72.5 cm³/mol. The molecule has 1 unspecified atom stereocenters. The lowest BCUT2D eigenvalue weighted by molar-refractivity contribution is -0.141. The van der Waals surface area contributed by atoms with Gasteiger partial charge < -0.3 is 15.1 Å². The van der Waals surface area contributed by atoms with Gasteiger partial charge in [-0.25, -0.2) is 0 Å². The molecule has 2 fully saturated rings. The zero-order chi connectivity index (χ0) is 13.0. The molecule has 2 aliphatic rings. The van der Waals surface area contributed by atoms with E-state index in [0.717, 1.165) is 44.1 Å². The van der Waals surface area contributed by atoms with E-state index in [4.69, 9.17) is 0 Å². The molecule has 1 N–H and O–H groups in total. The van der Waals surface area contributed by atoms with E-state index < -0.39 is 0 Å². The van der Waals surface area contributed by atoms with Crippen LogP contribution < -0.4 is 5.32 Å². The first-order chi connectivity index (χ1) is 8.68. The lowest BCUT2D eigenvalue weighted by Crippen LogP contribution is -2.50. The van der Waals surface area contributed by atoms with Gasteiger partial charge in [-0.2, -0.15) is 11.8 Å². The van der Waals surface area contributed by atoms with E-state index in [2.05, 4.69) is 5.32 Å². The molecule has 0 aromatic rings. The molecule has 0 spiro atoms. The first-order valence-corrected chi connectivity index (χ1v) is 7.65. The van der Waals surface area contributed by atoms with E-state index in [-0.39, 0.29) is 24.3 Å². The molecule has 1 atom stereocenters. The summed E-state index contributed by atoms with van der Waals surface area (Å²) < 4.78 is 0. The minimum Gasteiger partial charge on any atom is -0.339 e. The molecule has 18 heavy (non-hydrogen) atoms. The monoisotopic (exact) mass is 271 g/mol. The summed E-state index contributed by atoms with van der Waals surface area (Å²) in [7, 11) is 1.74. The summed E-state index contributed by atoms with van der Waals surface area (Å²) in [4.78, 5) is 27.6. The number of carbonyl (C=O) groups excluding carboxylic acids is 2. The van der Waals surface area contributed by atoms with E-state index in [1.165, 1.54) is 0 Å². The fourth-order valence-electron chi connectivity index (χ4n) is 2.34. The number of amides is 2. The van der Waals surface area contributed by atoms with Gasteiger partial charge in [0.1, 0.15) is 0 Å². The van der Waals surface area contributed by atoms with Crippen molar-refractivity contribution in [1.29, 1.82) is 0 Å². The minimum atomic E-state index is 0.0676. The van der Waals surface area contributed by atoms with Crippen LogP contribution in [-0.4, -0.2) is 72.9 Å². The summed E-state index contributed by atoms with van der Waals surface area (Å²) in [6.45, 7) is 3.42. The largest absolute Gasteiger partial charge is 0.339 e. The topological polar surface area (TPSA) is 52.7 Å². The van der Waals surface area contributed by atoms with Gasteiger partial charge in [0.05, 0.1) is 6.54 Å². The van der Waals surface area contributed by atoms with Gasteiger partial charge in [0.25, 0.3) is 0 Å². The summed E-state index contributed by atoms with van der Waals surface area (Å²) >= 11 is 1.82. The number of hydrogen-bond donors (Lipinski definition) is 1. The Bertz CT molecular complexity index is 312. The molecule has 2 rings (SSSR count). The van der Waals surface area contributed by atoms with Crippen LogP contribution in [0, 0.1) is 5.92 Å². The van der Waals surface area contributed by atoms with Crippen LogP contribution in [0.15, 0.2) is 0 Å². The maximum Gasteiger partial charge on any atom is 0.242 e. The Balaban J connectivity index is 1.80. The summed E-state index contributed by atoms with van der Waals surface area (Å²) in [6, 6.07) is 0. The van der Waals surface area contributed by atoms with Gasteiger partial charge in [0.2, 0.25) is 11.8 Å². The SMILES string of the molecule is CN(CC(=O)N1CCNCC1)C(=O)C1CCSC1. The van der Waals surface area contributed by atoms with E-state index in [1.807, 2.05) is 16.7 Å². The zero-order valence-corrected chi connectivity index (χ0v) is 11.7. The van der Waals surface area contributed by atoms with Crippen molar-refractivity contribution in [2.45, 2.75) is 6.42 Å². The Hall–Kier alpha value is -0.750. The molecular formula is C12H21N3O2S. The Kier molecular flexibility index (Phi) is 4.88. The molecule has 0 radical (unpaired) electrons. The second-order valence-electron chi connectivity index (χ2n) is 4.89. The molecule has 102 valence electrons. The van der Waals surface area contributed by atoms with Crippen molar-refractivity contribution in [3.05, 3.63) is 0 Å². The van der Waals surface area contributed by atoms with E-state index in [0.29, 0.717) is 0 Å². The standard InChI is InChI=1S/C12H21N3O2S/c1-14(12(17)10-2-7-18-9-10)8-11(16)15-5-3-13-4-6-15/h10,13H,2-9H2,1H3. The molecule has 0 bridgehead atoms.